The SMILES string of the molecule is C=Cc1ccc(NC(=O)C(=O)NCC(C)(C)CNC(=O)c2ccc(Nc3nc(NC4(c5ccc(Cl)cc5)CC4)nc(OCC(F)(F)F)n3)cc2)cc1. The minimum absolute atomic E-state index is 0.0103. The fraction of sp³-hybridized carbons (Fsp3) is 0.278. The van der Waals surface area contributed by atoms with Gasteiger partial charge in [0, 0.05) is 35.1 Å². The van der Waals surface area contributed by atoms with E-state index in [0.29, 0.717) is 22.0 Å². The number of halogens is 4. The van der Waals surface area contributed by atoms with Gasteiger partial charge >= 0.3 is 24.0 Å². The van der Waals surface area contributed by atoms with Crippen molar-refractivity contribution in [2.75, 3.05) is 35.6 Å². The maximum absolute atomic E-state index is 12.9. The minimum atomic E-state index is -4.61. The molecule has 0 atom stereocenters. The van der Waals surface area contributed by atoms with Crippen LogP contribution in [-0.2, 0) is 15.1 Å². The first-order valence-electron chi connectivity index (χ1n) is 16.1. The molecule has 5 rings (SSSR count). The van der Waals surface area contributed by atoms with Crippen LogP contribution in [0.25, 0.3) is 6.08 Å². The second-order valence-corrected chi connectivity index (χ2v) is 13.3. The maximum Gasteiger partial charge on any atom is 0.422 e. The summed E-state index contributed by atoms with van der Waals surface area (Å²) in [5.41, 5.74) is 1.87. The molecule has 272 valence electrons. The lowest BCUT2D eigenvalue weighted by molar-refractivity contribution is -0.154. The van der Waals surface area contributed by atoms with E-state index in [0.717, 1.165) is 24.0 Å². The lowest BCUT2D eigenvalue weighted by Gasteiger charge is -2.25. The molecule has 12 nitrogen and oxygen atoms in total. The largest absolute Gasteiger partial charge is 0.454 e. The lowest BCUT2D eigenvalue weighted by Crippen LogP contribution is -2.44. The fourth-order valence-corrected chi connectivity index (χ4v) is 5.01. The molecule has 1 aromatic heterocycles. The highest BCUT2D eigenvalue weighted by atomic mass is 35.5. The topological polar surface area (TPSA) is 159 Å². The van der Waals surface area contributed by atoms with Crippen molar-refractivity contribution in [3.8, 4) is 6.01 Å². The molecule has 4 aromatic rings. The van der Waals surface area contributed by atoms with Crippen molar-refractivity contribution in [1.82, 2.24) is 25.6 Å². The summed E-state index contributed by atoms with van der Waals surface area (Å²) in [6.07, 6.45) is -1.47. The highest BCUT2D eigenvalue weighted by Crippen LogP contribution is 2.48. The normalized spacial score (nSPS) is 13.3. The molecule has 1 fully saturated rings. The van der Waals surface area contributed by atoms with Gasteiger partial charge in [-0.05, 0) is 77.9 Å². The van der Waals surface area contributed by atoms with Gasteiger partial charge in [0.2, 0.25) is 11.9 Å². The number of benzene rings is 3. The van der Waals surface area contributed by atoms with E-state index in [1.54, 1.807) is 66.7 Å². The van der Waals surface area contributed by atoms with Gasteiger partial charge in [0.15, 0.2) is 6.61 Å². The molecule has 52 heavy (non-hydrogen) atoms. The predicted molar refractivity (Wildman–Crippen MR) is 191 cm³/mol. The molecule has 0 spiro atoms. The summed E-state index contributed by atoms with van der Waals surface area (Å²) in [6.45, 7) is 6.00. The number of amides is 3. The number of carbonyl (C=O) groups excluding carboxylic acids is 3. The third kappa shape index (κ3) is 10.7. The van der Waals surface area contributed by atoms with Gasteiger partial charge in [0.25, 0.3) is 5.91 Å². The van der Waals surface area contributed by atoms with Gasteiger partial charge in [-0.15, -0.1) is 0 Å². The van der Waals surface area contributed by atoms with Crippen molar-refractivity contribution in [2.45, 2.75) is 38.4 Å². The fourth-order valence-electron chi connectivity index (χ4n) is 4.88. The van der Waals surface area contributed by atoms with E-state index >= 15 is 0 Å². The zero-order valence-corrected chi connectivity index (χ0v) is 29.0. The average molecular weight is 737 g/mol. The Kier molecular flexibility index (Phi) is 11.3. The number of anilines is 4. The van der Waals surface area contributed by atoms with Crippen LogP contribution < -0.4 is 31.3 Å². The number of ether oxygens (including phenoxy) is 1. The Hall–Kier alpha value is -5.70. The molecule has 0 bridgehead atoms. The van der Waals surface area contributed by atoms with Crippen LogP contribution in [0.4, 0.5) is 36.4 Å². The van der Waals surface area contributed by atoms with Gasteiger partial charge in [0.1, 0.15) is 0 Å². The smallest absolute Gasteiger partial charge is 0.422 e. The van der Waals surface area contributed by atoms with Crippen LogP contribution in [0.3, 0.4) is 0 Å². The van der Waals surface area contributed by atoms with Gasteiger partial charge in [0.05, 0.1) is 5.54 Å². The van der Waals surface area contributed by atoms with Crippen LogP contribution in [0.2, 0.25) is 5.02 Å². The van der Waals surface area contributed by atoms with E-state index in [2.05, 4.69) is 48.1 Å². The van der Waals surface area contributed by atoms with Crippen LogP contribution >= 0.6 is 11.6 Å². The van der Waals surface area contributed by atoms with E-state index in [9.17, 15) is 27.6 Å². The Morgan fingerprint density at radius 2 is 1.46 bits per heavy atom. The molecule has 3 aromatic carbocycles. The summed E-state index contributed by atoms with van der Waals surface area (Å²) >= 11 is 6.03. The van der Waals surface area contributed by atoms with Crippen molar-refractivity contribution in [1.29, 1.82) is 0 Å². The summed E-state index contributed by atoms with van der Waals surface area (Å²) in [6, 6.07) is 19.7. The van der Waals surface area contributed by atoms with Gasteiger partial charge in [-0.25, -0.2) is 0 Å². The molecular weight excluding hydrogens is 701 g/mol. The van der Waals surface area contributed by atoms with Crippen LogP contribution in [-0.4, -0.2) is 58.5 Å². The summed E-state index contributed by atoms with van der Waals surface area (Å²) in [7, 11) is 0. The number of hydrogen-bond acceptors (Lipinski definition) is 9. The average Bonchev–Trinajstić information content (AvgIpc) is 3.89. The molecule has 1 saturated carbocycles. The van der Waals surface area contributed by atoms with E-state index in [-0.39, 0.29) is 25.0 Å². The summed E-state index contributed by atoms with van der Waals surface area (Å²) < 4.78 is 43.6. The molecule has 1 heterocycles. The van der Waals surface area contributed by atoms with E-state index in [4.69, 9.17) is 16.3 Å². The van der Waals surface area contributed by atoms with E-state index < -0.39 is 47.5 Å². The molecular formula is C36H36ClF3N8O4. The Morgan fingerprint density at radius 3 is 2.08 bits per heavy atom. The first kappa shape index (κ1) is 37.6. The van der Waals surface area contributed by atoms with Gasteiger partial charge in [-0.1, -0.05) is 62.4 Å². The number of hydrogen-bond donors (Lipinski definition) is 5. The van der Waals surface area contributed by atoms with E-state index in [1.807, 2.05) is 26.0 Å². The van der Waals surface area contributed by atoms with Crippen molar-refractivity contribution in [2.24, 2.45) is 5.41 Å². The van der Waals surface area contributed by atoms with Crippen LogP contribution in [0.5, 0.6) is 6.01 Å². The lowest BCUT2D eigenvalue weighted by atomic mass is 9.93. The minimum Gasteiger partial charge on any atom is -0.454 e. The predicted octanol–water partition coefficient (Wildman–Crippen LogP) is 6.46. The number of rotatable bonds is 14. The quantitative estimate of drug-likeness (QED) is 0.0916. The Balaban J connectivity index is 1.16. The summed E-state index contributed by atoms with van der Waals surface area (Å²) in [4.78, 5) is 50.0. The summed E-state index contributed by atoms with van der Waals surface area (Å²) in [5, 5.41) is 14.6. The molecule has 0 radical (unpaired) electrons. The number of carbonyl (C=O) groups is 3. The first-order valence-corrected chi connectivity index (χ1v) is 16.5. The third-order valence-electron chi connectivity index (χ3n) is 7.95. The van der Waals surface area contributed by atoms with Crippen LogP contribution in [0, 0.1) is 5.41 Å². The molecule has 0 saturated heterocycles. The molecule has 1 aliphatic carbocycles. The van der Waals surface area contributed by atoms with Crippen LogP contribution in [0.1, 0.15) is 48.2 Å². The molecule has 0 aliphatic heterocycles. The van der Waals surface area contributed by atoms with Crippen LogP contribution in [0.15, 0.2) is 79.4 Å². The zero-order valence-electron chi connectivity index (χ0n) is 28.2. The van der Waals surface area contributed by atoms with Crippen molar-refractivity contribution < 1.29 is 32.3 Å². The number of alkyl halides is 3. The second-order valence-electron chi connectivity index (χ2n) is 12.9. The van der Waals surface area contributed by atoms with Gasteiger partial charge < -0.3 is 31.3 Å². The number of aromatic nitrogens is 3. The second kappa shape index (κ2) is 15.7. The summed E-state index contributed by atoms with van der Waals surface area (Å²) in [5.74, 6) is -2.10. The molecule has 5 N–H and O–H groups in total. The number of nitrogens with zero attached hydrogens (tertiary/aromatic N) is 3. The number of nitrogens with one attached hydrogen (secondary N) is 5. The Bertz CT molecular complexity index is 1920. The Labute approximate surface area is 302 Å². The third-order valence-corrected chi connectivity index (χ3v) is 8.20. The highest BCUT2D eigenvalue weighted by molar-refractivity contribution is 6.39. The zero-order chi connectivity index (χ0) is 37.5. The standard InChI is InChI=1S/C36H36ClF3N8O4/c1-4-22-5-13-26(14-6-22)43-30(51)29(50)42-20-34(2,3)19-41-28(49)23-7-15-27(16-8-23)44-31-45-32(47-33(46-31)52-21-36(38,39)40)48-35(17-18-35)24-9-11-25(37)12-10-24/h4-16H,1,17-21H2,2-3H3,(H,41,49)(H,42,50)(H,43,51)(H2,44,45,46,47,48). The van der Waals surface area contributed by atoms with E-state index in [1.165, 1.54) is 0 Å². The molecule has 3 amide bonds. The molecule has 1 aliphatic rings. The molecule has 16 heteroatoms. The van der Waals surface area contributed by atoms with Gasteiger partial charge in [-0.3, -0.25) is 14.4 Å². The Morgan fingerprint density at radius 1 is 0.846 bits per heavy atom. The monoisotopic (exact) mass is 736 g/mol. The van der Waals surface area contributed by atoms with Crippen molar-refractivity contribution in [3.05, 3.63) is 101 Å². The molecule has 0 unspecified atom stereocenters. The van der Waals surface area contributed by atoms with Crippen molar-refractivity contribution >= 4 is 58.7 Å². The first-order chi connectivity index (χ1) is 24.6. The van der Waals surface area contributed by atoms with Crippen molar-refractivity contribution in [3.63, 3.8) is 0 Å². The van der Waals surface area contributed by atoms with Gasteiger partial charge in [-0.2, -0.15) is 28.1 Å². The highest BCUT2D eigenvalue weighted by Gasteiger charge is 2.45. The maximum atomic E-state index is 12.9.